The molecule has 0 aliphatic carbocycles. The van der Waals surface area contributed by atoms with Gasteiger partial charge in [-0.2, -0.15) is 0 Å². The highest BCUT2D eigenvalue weighted by atomic mass is 32.2. The Morgan fingerprint density at radius 2 is 1.83 bits per heavy atom. The molecule has 0 heterocycles. The first kappa shape index (κ1) is 12.8. The van der Waals surface area contributed by atoms with Gasteiger partial charge in [0.05, 0.1) is 5.75 Å². The standard InChI is InChI=1S/C14H12FO2S/c15-13-8-4-5-9-14(13)18(16,17)11-10-12-6-2-1-3-7-12/h1-3,5-9H,10-11H2. The highest BCUT2D eigenvalue weighted by molar-refractivity contribution is 7.91. The van der Waals surface area contributed by atoms with Crippen LogP contribution in [0.25, 0.3) is 0 Å². The van der Waals surface area contributed by atoms with Crippen LogP contribution in [0.15, 0.2) is 53.4 Å². The molecule has 0 aliphatic heterocycles. The maximum absolute atomic E-state index is 13.4. The van der Waals surface area contributed by atoms with Crippen LogP contribution < -0.4 is 0 Å². The molecule has 0 aromatic heterocycles. The van der Waals surface area contributed by atoms with Gasteiger partial charge in [0.25, 0.3) is 0 Å². The fraction of sp³-hybridized carbons (Fsp3) is 0.143. The first-order valence-electron chi connectivity index (χ1n) is 5.52. The predicted molar refractivity (Wildman–Crippen MR) is 67.4 cm³/mol. The van der Waals surface area contributed by atoms with Crippen molar-refractivity contribution in [3.63, 3.8) is 0 Å². The van der Waals surface area contributed by atoms with Crippen molar-refractivity contribution in [2.45, 2.75) is 11.3 Å². The molecule has 0 unspecified atom stereocenters. The van der Waals surface area contributed by atoms with Crippen molar-refractivity contribution in [2.75, 3.05) is 5.75 Å². The van der Waals surface area contributed by atoms with Crippen LogP contribution in [0.1, 0.15) is 5.56 Å². The van der Waals surface area contributed by atoms with E-state index in [1.54, 1.807) is 0 Å². The van der Waals surface area contributed by atoms with E-state index in [9.17, 15) is 12.8 Å². The predicted octanol–water partition coefficient (Wildman–Crippen LogP) is 2.64. The molecule has 2 rings (SSSR count). The molecule has 0 bridgehead atoms. The number of aryl methyl sites for hydroxylation is 1. The monoisotopic (exact) mass is 263 g/mol. The second-order valence-corrected chi connectivity index (χ2v) is 5.99. The number of sulfone groups is 1. The molecule has 2 aromatic carbocycles. The van der Waals surface area contributed by atoms with Crippen molar-refractivity contribution >= 4 is 9.84 Å². The van der Waals surface area contributed by atoms with E-state index >= 15 is 0 Å². The quantitative estimate of drug-likeness (QED) is 0.849. The van der Waals surface area contributed by atoms with Crippen LogP contribution in [-0.4, -0.2) is 14.2 Å². The van der Waals surface area contributed by atoms with Gasteiger partial charge in [-0.3, -0.25) is 0 Å². The van der Waals surface area contributed by atoms with Gasteiger partial charge in [0.2, 0.25) is 0 Å². The third kappa shape index (κ3) is 2.96. The normalized spacial score (nSPS) is 11.4. The number of rotatable bonds is 4. The summed E-state index contributed by atoms with van der Waals surface area (Å²) in [6, 6.07) is 15.5. The van der Waals surface area contributed by atoms with E-state index < -0.39 is 15.7 Å². The van der Waals surface area contributed by atoms with Crippen molar-refractivity contribution in [3.05, 3.63) is 66.0 Å². The lowest BCUT2D eigenvalue weighted by atomic mass is 10.2. The molecule has 0 atom stereocenters. The Morgan fingerprint density at radius 3 is 2.50 bits per heavy atom. The van der Waals surface area contributed by atoms with Gasteiger partial charge >= 0.3 is 0 Å². The molecule has 1 radical (unpaired) electrons. The molecule has 0 saturated carbocycles. The summed E-state index contributed by atoms with van der Waals surface area (Å²) >= 11 is 0. The topological polar surface area (TPSA) is 34.1 Å². The summed E-state index contributed by atoms with van der Waals surface area (Å²) in [6.07, 6.45) is 0.376. The molecule has 0 spiro atoms. The Kier molecular flexibility index (Phi) is 3.77. The van der Waals surface area contributed by atoms with Gasteiger partial charge in [-0.1, -0.05) is 36.4 Å². The van der Waals surface area contributed by atoms with Crippen LogP contribution in [0, 0.1) is 11.9 Å². The molecular weight excluding hydrogens is 251 g/mol. The lowest BCUT2D eigenvalue weighted by Gasteiger charge is -2.05. The zero-order valence-corrected chi connectivity index (χ0v) is 10.5. The average Bonchev–Trinajstić information content (AvgIpc) is 2.38. The molecule has 0 N–H and O–H groups in total. The zero-order chi connectivity index (χ0) is 13.0. The fourth-order valence-corrected chi connectivity index (χ4v) is 3.01. The van der Waals surface area contributed by atoms with E-state index in [0.717, 1.165) is 11.6 Å². The van der Waals surface area contributed by atoms with Crippen molar-refractivity contribution in [2.24, 2.45) is 0 Å². The summed E-state index contributed by atoms with van der Waals surface area (Å²) in [5.74, 6) is -0.844. The average molecular weight is 263 g/mol. The summed E-state index contributed by atoms with van der Waals surface area (Å²) in [5, 5.41) is 0. The van der Waals surface area contributed by atoms with Gasteiger partial charge in [0.15, 0.2) is 9.84 Å². The van der Waals surface area contributed by atoms with Crippen molar-refractivity contribution in [1.29, 1.82) is 0 Å². The third-order valence-corrected chi connectivity index (χ3v) is 4.36. The molecule has 18 heavy (non-hydrogen) atoms. The first-order valence-corrected chi connectivity index (χ1v) is 7.17. The van der Waals surface area contributed by atoms with Gasteiger partial charge in [-0.25, -0.2) is 12.8 Å². The van der Waals surface area contributed by atoms with Crippen molar-refractivity contribution in [3.8, 4) is 0 Å². The van der Waals surface area contributed by atoms with E-state index in [1.807, 2.05) is 30.3 Å². The van der Waals surface area contributed by atoms with Gasteiger partial charge < -0.3 is 0 Å². The van der Waals surface area contributed by atoms with Gasteiger partial charge in [0, 0.05) is 0 Å². The summed E-state index contributed by atoms with van der Waals surface area (Å²) < 4.78 is 37.3. The maximum atomic E-state index is 13.4. The second-order valence-electron chi connectivity index (χ2n) is 3.91. The van der Waals surface area contributed by atoms with E-state index in [4.69, 9.17) is 0 Å². The molecule has 0 saturated heterocycles. The molecule has 0 fully saturated rings. The van der Waals surface area contributed by atoms with E-state index in [0.29, 0.717) is 6.42 Å². The minimum Gasteiger partial charge on any atom is -0.224 e. The van der Waals surface area contributed by atoms with E-state index in [1.165, 1.54) is 12.1 Å². The van der Waals surface area contributed by atoms with Crippen molar-refractivity contribution in [1.82, 2.24) is 0 Å². The largest absolute Gasteiger partial charge is 0.224 e. The van der Waals surface area contributed by atoms with Crippen LogP contribution >= 0.6 is 0 Å². The molecule has 4 heteroatoms. The number of halogens is 1. The molecule has 2 nitrogen and oxygen atoms in total. The van der Waals surface area contributed by atoms with Crippen LogP contribution in [0.4, 0.5) is 4.39 Å². The van der Waals surface area contributed by atoms with E-state index in [-0.39, 0.29) is 10.6 Å². The summed E-state index contributed by atoms with van der Waals surface area (Å²) in [4.78, 5) is -0.253. The van der Waals surface area contributed by atoms with Crippen LogP contribution in [0.2, 0.25) is 0 Å². The molecule has 0 aliphatic rings. The highest BCUT2D eigenvalue weighted by Crippen LogP contribution is 2.16. The Morgan fingerprint density at radius 1 is 1.11 bits per heavy atom. The molecular formula is C14H12FO2S. The minimum atomic E-state index is -3.58. The lowest BCUT2D eigenvalue weighted by Crippen LogP contribution is -2.11. The smallest absolute Gasteiger partial charge is 0.181 e. The zero-order valence-electron chi connectivity index (χ0n) is 9.64. The van der Waals surface area contributed by atoms with Crippen LogP contribution in [0.3, 0.4) is 0 Å². The van der Waals surface area contributed by atoms with Crippen molar-refractivity contribution < 1.29 is 12.8 Å². The second kappa shape index (κ2) is 5.31. The van der Waals surface area contributed by atoms with E-state index in [2.05, 4.69) is 6.07 Å². The molecule has 0 amide bonds. The van der Waals surface area contributed by atoms with Gasteiger partial charge in [0.1, 0.15) is 10.7 Å². The Labute approximate surface area is 106 Å². The van der Waals surface area contributed by atoms with Crippen LogP contribution in [0.5, 0.6) is 0 Å². The summed E-state index contributed by atoms with van der Waals surface area (Å²) in [6.45, 7) is 0. The number of hydrogen-bond donors (Lipinski definition) is 0. The number of hydrogen-bond acceptors (Lipinski definition) is 2. The Hall–Kier alpha value is -1.68. The minimum absolute atomic E-state index is 0.0993. The lowest BCUT2D eigenvalue weighted by molar-refractivity contribution is 0.566. The molecule has 93 valence electrons. The fourth-order valence-electron chi connectivity index (χ4n) is 1.65. The highest BCUT2D eigenvalue weighted by Gasteiger charge is 2.18. The summed E-state index contributed by atoms with van der Waals surface area (Å²) in [5.41, 5.74) is 0.920. The summed E-state index contributed by atoms with van der Waals surface area (Å²) in [7, 11) is -3.58. The van der Waals surface area contributed by atoms with Crippen LogP contribution in [-0.2, 0) is 16.3 Å². The van der Waals surface area contributed by atoms with Gasteiger partial charge in [-0.05, 0) is 30.2 Å². The third-order valence-electron chi connectivity index (χ3n) is 2.61. The maximum Gasteiger partial charge on any atom is 0.181 e. The Balaban J connectivity index is 2.16. The Bertz CT molecular complexity index is 621. The SMILES string of the molecule is O=S(=O)(CCc1ccccc1)c1cc[c]cc1F. The molecule has 2 aromatic rings. The first-order chi connectivity index (χ1) is 8.59. The van der Waals surface area contributed by atoms with Gasteiger partial charge in [-0.15, -0.1) is 0 Å². The number of benzene rings is 2.